The van der Waals surface area contributed by atoms with E-state index in [1.807, 2.05) is 6.07 Å². The van der Waals surface area contributed by atoms with E-state index in [1.54, 1.807) is 0 Å². The van der Waals surface area contributed by atoms with Crippen LogP contribution in [-0.4, -0.2) is 33.0 Å². The summed E-state index contributed by atoms with van der Waals surface area (Å²) < 4.78 is 7.30. The summed E-state index contributed by atoms with van der Waals surface area (Å²) in [5, 5.41) is 0.300. The minimum atomic E-state index is -1.61. The number of anilines is 1. The molecule has 2 heterocycles. The first-order chi connectivity index (χ1) is 10.2. The van der Waals surface area contributed by atoms with E-state index in [0.717, 1.165) is 30.1 Å². The van der Waals surface area contributed by atoms with Crippen molar-refractivity contribution < 1.29 is 4.43 Å². The van der Waals surface area contributed by atoms with Crippen LogP contribution in [0.15, 0.2) is 22.8 Å². The summed E-state index contributed by atoms with van der Waals surface area (Å²) in [5.41, 5.74) is 0. The third kappa shape index (κ3) is 4.55. The summed E-state index contributed by atoms with van der Waals surface area (Å²) in [5.74, 6) is 1.77. The first-order valence-electron chi connectivity index (χ1n) is 8.20. The smallest absolute Gasteiger partial charge is 0.191 e. The van der Waals surface area contributed by atoms with Gasteiger partial charge in [-0.25, -0.2) is 4.98 Å². The summed E-state index contributed by atoms with van der Waals surface area (Å²) in [6.45, 7) is 14.7. The van der Waals surface area contributed by atoms with Crippen molar-refractivity contribution >= 4 is 30.1 Å². The molecule has 1 aliphatic heterocycles. The second kappa shape index (κ2) is 7.01. The fourth-order valence-corrected chi connectivity index (χ4v) is 3.86. The fraction of sp³-hybridized carbons (Fsp3) is 0.706. The van der Waals surface area contributed by atoms with Gasteiger partial charge in [-0.2, -0.15) is 0 Å². The highest BCUT2D eigenvalue weighted by Gasteiger charge is 2.37. The lowest BCUT2D eigenvalue weighted by molar-refractivity contribution is 0.205. The molecule has 3 nitrogen and oxygen atoms in total. The van der Waals surface area contributed by atoms with E-state index < -0.39 is 8.32 Å². The third-order valence-corrected chi connectivity index (χ3v) is 10.1. The molecule has 1 fully saturated rings. The summed E-state index contributed by atoms with van der Waals surface area (Å²) in [6.07, 6.45) is 2.39. The van der Waals surface area contributed by atoms with Crippen LogP contribution in [-0.2, 0) is 4.43 Å². The van der Waals surface area contributed by atoms with E-state index >= 15 is 0 Å². The quantitative estimate of drug-likeness (QED) is 0.534. The average molecular weight is 385 g/mol. The molecule has 5 heteroatoms. The van der Waals surface area contributed by atoms with Gasteiger partial charge < -0.3 is 9.33 Å². The van der Waals surface area contributed by atoms with Crippen molar-refractivity contribution in [1.29, 1.82) is 0 Å². The predicted octanol–water partition coefficient (Wildman–Crippen LogP) is 5.08. The van der Waals surface area contributed by atoms with Crippen LogP contribution in [0.3, 0.4) is 0 Å². The molecule has 0 saturated carbocycles. The molecular weight excluding hydrogens is 356 g/mol. The van der Waals surface area contributed by atoms with Gasteiger partial charge in [-0.05, 0) is 65.0 Å². The van der Waals surface area contributed by atoms with Gasteiger partial charge in [-0.15, -0.1) is 0 Å². The first kappa shape index (κ1) is 18.0. The number of hydrogen-bond acceptors (Lipinski definition) is 3. The molecule has 0 radical (unpaired) electrons. The Morgan fingerprint density at radius 1 is 1.27 bits per heavy atom. The van der Waals surface area contributed by atoms with Crippen molar-refractivity contribution in [3.05, 3.63) is 22.8 Å². The van der Waals surface area contributed by atoms with Crippen molar-refractivity contribution in [2.24, 2.45) is 5.92 Å². The normalized spacial score (nSPS) is 17.8. The lowest BCUT2D eigenvalue weighted by atomic mass is 9.98. The van der Waals surface area contributed by atoms with Crippen LogP contribution in [0.4, 0.5) is 5.82 Å². The SMILES string of the molecule is CC(C)(C)[Si](C)(C)OCC1CCN(c2cccc(Br)n2)CC1. The molecule has 1 saturated heterocycles. The first-order valence-corrected chi connectivity index (χ1v) is 11.9. The number of aromatic nitrogens is 1. The Labute approximate surface area is 144 Å². The largest absolute Gasteiger partial charge is 0.417 e. The highest BCUT2D eigenvalue weighted by Crippen LogP contribution is 2.37. The number of piperidine rings is 1. The van der Waals surface area contributed by atoms with Gasteiger partial charge >= 0.3 is 0 Å². The third-order valence-electron chi connectivity index (χ3n) is 5.12. The number of hydrogen-bond donors (Lipinski definition) is 0. The molecule has 124 valence electrons. The fourth-order valence-electron chi connectivity index (χ4n) is 2.45. The molecule has 2 rings (SSSR count). The van der Waals surface area contributed by atoms with Gasteiger partial charge in [0, 0.05) is 19.7 Å². The van der Waals surface area contributed by atoms with E-state index in [2.05, 4.69) is 71.8 Å². The summed E-state index contributed by atoms with van der Waals surface area (Å²) in [4.78, 5) is 6.94. The van der Waals surface area contributed by atoms with Crippen molar-refractivity contribution in [3.63, 3.8) is 0 Å². The molecule has 1 aromatic heterocycles. The van der Waals surface area contributed by atoms with Gasteiger partial charge in [0.1, 0.15) is 10.4 Å². The highest BCUT2D eigenvalue weighted by molar-refractivity contribution is 9.10. The maximum atomic E-state index is 6.39. The van der Waals surface area contributed by atoms with Gasteiger partial charge in [-0.3, -0.25) is 0 Å². The lowest BCUT2D eigenvalue weighted by Crippen LogP contribution is -2.43. The van der Waals surface area contributed by atoms with Crippen molar-refractivity contribution in [3.8, 4) is 0 Å². The van der Waals surface area contributed by atoms with Gasteiger partial charge in [0.15, 0.2) is 8.32 Å². The summed E-state index contributed by atoms with van der Waals surface area (Å²) >= 11 is 3.45. The molecule has 0 N–H and O–H groups in total. The standard InChI is InChI=1S/C17H29BrN2OSi/c1-17(2,3)22(4,5)21-13-14-9-11-20(12-10-14)16-8-6-7-15(18)19-16/h6-8,14H,9-13H2,1-5H3. The van der Waals surface area contributed by atoms with Crippen LogP contribution in [0, 0.1) is 5.92 Å². The van der Waals surface area contributed by atoms with Crippen molar-refractivity contribution in [2.45, 2.75) is 51.7 Å². The van der Waals surface area contributed by atoms with Crippen LogP contribution < -0.4 is 4.90 Å². The molecule has 22 heavy (non-hydrogen) atoms. The second-order valence-electron chi connectivity index (χ2n) is 7.82. The number of nitrogens with zero attached hydrogens (tertiary/aromatic N) is 2. The number of pyridine rings is 1. The lowest BCUT2D eigenvalue weighted by Gasteiger charge is -2.39. The number of halogens is 1. The van der Waals surface area contributed by atoms with Crippen molar-refractivity contribution in [1.82, 2.24) is 4.98 Å². The van der Waals surface area contributed by atoms with E-state index in [1.165, 1.54) is 12.8 Å². The molecule has 0 aromatic carbocycles. The van der Waals surface area contributed by atoms with E-state index in [0.29, 0.717) is 11.0 Å². The zero-order valence-electron chi connectivity index (χ0n) is 14.5. The summed E-state index contributed by atoms with van der Waals surface area (Å²) in [7, 11) is -1.61. The Kier molecular flexibility index (Phi) is 5.72. The Hall–Kier alpha value is -0.393. The average Bonchev–Trinajstić information content (AvgIpc) is 2.44. The van der Waals surface area contributed by atoms with Gasteiger partial charge in [-0.1, -0.05) is 26.8 Å². The van der Waals surface area contributed by atoms with Crippen LogP contribution in [0.5, 0.6) is 0 Å². The zero-order valence-corrected chi connectivity index (χ0v) is 17.1. The minimum Gasteiger partial charge on any atom is -0.417 e. The number of rotatable bonds is 4. The summed E-state index contributed by atoms with van der Waals surface area (Å²) in [6, 6.07) is 6.12. The Morgan fingerprint density at radius 3 is 2.45 bits per heavy atom. The predicted molar refractivity (Wildman–Crippen MR) is 100 cm³/mol. The molecule has 0 aliphatic carbocycles. The molecule has 0 amide bonds. The van der Waals surface area contributed by atoms with E-state index in [9.17, 15) is 0 Å². The minimum absolute atomic E-state index is 0.300. The Morgan fingerprint density at radius 2 is 1.91 bits per heavy atom. The van der Waals surface area contributed by atoms with Crippen LogP contribution >= 0.6 is 15.9 Å². The van der Waals surface area contributed by atoms with Crippen LogP contribution in [0.2, 0.25) is 18.1 Å². The van der Waals surface area contributed by atoms with Crippen molar-refractivity contribution in [2.75, 3.05) is 24.6 Å². The molecular formula is C17H29BrN2OSi. The van der Waals surface area contributed by atoms with Crippen LogP contribution in [0.1, 0.15) is 33.6 Å². The van der Waals surface area contributed by atoms with Gasteiger partial charge in [0.05, 0.1) is 0 Å². The van der Waals surface area contributed by atoms with Crippen LogP contribution in [0.25, 0.3) is 0 Å². The van der Waals surface area contributed by atoms with Gasteiger partial charge in [0.2, 0.25) is 0 Å². The molecule has 1 aliphatic rings. The molecule has 0 unspecified atom stereocenters. The van der Waals surface area contributed by atoms with Gasteiger partial charge in [0.25, 0.3) is 0 Å². The maximum absolute atomic E-state index is 6.39. The van der Waals surface area contributed by atoms with E-state index in [4.69, 9.17) is 4.43 Å². The molecule has 0 atom stereocenters. The maximum Gasteiger partial charge on any atom is 0.191 e. The Bertz CT molecular complexity index is 494. The monoisotopic (exact) mass is 384 g/mol. The Balaban J connectivity index is 1.83. The second-order valence-corrected chi connectivity index (χ2v) is 13.4. The molecule has 0 bridgehead atoms. The molecule has 0 spiro atoms. The zero-order chi connectivity index (χ0) is 16.4. The van der Waals surface area contributed by atoms with E-state index in [-0.39, 0.29) is 0 Å². The molecule has 1 aromatic rings. The highest BCUT2D eigenvalue weighted by atomic mass is 79.9. The topological polar surface area (TPSA) is 25.4 Å².